The summed E-state index contributed by atoms with van der Waals surface area (Å²) in [4.78, 5) is 25.8. The topological polar surface area (TPSA) is 61.4 Å². The minimum absolute atomic E-state index is 0.117. The first kappa shape index (κ1) is 18.1. The quantitative estimate of drug-likeness (QED) is 0.885. The second-order valence-corrected chi connectivity index (χ2v) is 7.49. The van der Waals surface area contributed by atoms with Crippen LogP contribution in [-0.4, -0.2) is 59.0 Å². The van der Waals surface area contributed by atoms with E-state index in [1.54, 1.807) is 12.4 Å². The van der Waals surface area contributed by atoms with Gasteiger partial charge in [-0.1, -0.05) is 6.42 Å². The smallest absolute Gasteiger partial charge is 0.225 e. The van der Waals surface area contributed by atoms with E-state index in [4.69, 9.17) is 0 Å². The van der Waals surface area contributed by atoms with E-state index in [2.05, 4.69) is 38.9 Å². The maximum Gasteiger partial charge on any atom is 0.225 e. The molecule has 0 bridgehead atoms. The molecule has 1 aromatic rings. The lowest BCUT2D eigenvalue weighted by atomic mass is 9.96. The minimum Gasteiger partial charge on any atom is -0.354 e. The van der Waals surface area contributed by atoms with Gasteiger partial charge in [0.15, 0.2) is 0 Å². The molecule has 2 atom stereocenters. The van der Waals surface area contributed by atoms with Gasteiger partial charge in [0.05, 0.1) is 0 Å². The molecule has 0 spiro atoms. The Bertz CT molecular complexity index is 544. The fourth-order valence-electron chi connectivity index (χ4n) is 4.08. The molecule has 2 fully saturated rings. The van der Waals surface area contributed by atoms with Crippen LogP contribution in [0.2, 0.25) is 0 Å². The van der Waals surface area contributed by atoms with Crippen molar-refractivity contribution in [2.45, 2.75) is 58.0 Å². The number of amides is 1. The highest BCUT2D eigenvalue weighted by Crippen LogP contribution is 2.21. The molecule has 2 aliphatic heterocycles. The third-order valence-electron chi connectivity index (χ3n) is 5.69. The average Bonchev–Trinajstić information content (AvgIpc) is 2.67. The highest BCUT2D eigenvalue weighted by molar-refractivity contribution is 5.79. The monoisotopic (exact) mass is 345 g/mol. The summed E-state index contributed by atoms with van der Waals surface area (Å²) in [6, 6.07) is 2.88. The van der Waals surface area contributed by atoms with Crippen LogP contribution in [0.25, 0.3) is 0 Å². The van der Waals surface area contributed by atoms with Crippen molar-refractivity contribution in [3.05, 3.63) is 18.5 Å². The number of aromatic nitrogens is 2. The molecule has 138 valence electrons. The standard InChI is InChI=1S/C19H31N5O/c1-15-6-3-4-11-24(15)16(2)14-22-18(25)17-7-12-23(13-8-17)19-20-9-5-10-21-19/h5,9-10,15-17H,3-4,6-8,11-14H2,1-2H3,(H,22,25)/t15-,16+/m0/s1. The molecule has 2 saturated heterocycles. The molecule has 1 amide bonds. The number of rotatable bonds is 5. The molecule has 6 nitrogen and oxygen atoms in total. The number of anilines is 1. The molecule has 2 aliphatic rings. The molecule has 0 saturated carbocycles. The first-order valence-corrected chi connectivity index (χ1v) is 9.70. The molecule has 6 heteroatoms. The predicted molar refractivity (Wildman–Crippen MR) is 99.5 cm³/mol. The zero-order chi connectivity index (χ0) is 17.6. The SMILES string of the molecule is C[C@H](CNC(=O)C1CCN(c2ncccn2)CC1)N1CCCC[C@@H]1C. The Hall–Kier alpha value is -1.69. The van der Waals surface area contributed by atoms with Crippen LogP contribution < -0.4 is 10.2 Å². The van der Waals surface area contributed by atoms with Crippen LogP contribution in [0.15, 0.2) is 18.5 Å². The van der Waals surface area contributed by atoms with Crippen molar-refractivity contribution in [2.75, 3.05) is 31.1 Å². The lowest BCUT2D eigenvalue weighted by Gasteiger charge is -2.38. The van der Waals surface area contributed by atoms with Crippen molar-refractivity contribution in [1.82, 2.24) is 20.2 Å². The van der Waals surface area contributed by atoms with Crippen molar-refractivity contribution in [3.63, 3.8) is 0 Å². The first-order chi connectivity index (χ1) is 12.1. The number of carbonyl (C=O) groups is 1. The van der Waals surface area contributed by atoms with Gasteiger partial charge in [-0.25, -0.2) is 9.97 Å². The van der Waals surface area contributed by atoms with Gasteiger partial charge in [-0.3, -0.25) is 9.69 Å². The summed E-state index contributed by atoms with van der Waals surface area (Å²) in [5.41, 5.74) is 0. The van der Waals surface area contributed by atoms with Gasteiger partial charge in [0, 0.05) is 50.0 Å². The van der Waals surface area contributed by atoms with Crippen molar-refractivity contribution >= 4 is 11.9 Å². The van der Waals surface area contributed by atoms with E-state index in [1.165, 1.54) is 19.3 Å². The van der Waals surface area contributed by atoms with Crippen LogP contribution in [0, 0.1) is 5.92 Å². The van der Waals surface area contributed by atoms with E-state index in [9.17, 15) is 4.79 Å². The van der Waals surface area contributed by atoms with Gasteiger partial charge in [0.2, 0.25) is 11.9 Å². The molecule has 0 unspecified atom stereocenters. The number of likely N-dealkylation sites (tertiary alicyclic amines) is 1. The Morgan fingerprint density at radius 2 is 1.92 bits per heavy atom. The number of piperidine rings is 2. The summed E-state index contributed by atoms with van der Waals surface area (Å²) >= 11 is 0. The summed E-state index contributed by atoms with van der Waals surface area (Å²) in [7, 11) is 0. The highest BCUT2D eigenvalue weighted by atomic mass is 16.1. The molecule has 25 heavy (non-hydrogen) atoms. The van der Waals surface area contributed by atoms with Gasteiger partial charge < -0.3 is 10.2 Å². The molecular weight excluding hydrogens is 314 g/mol. The third-order valence-corrected chi connectivity index (χ3v) is 5.69. The van der Waals surface area contributed by atoms with E-state index >= 15 is 0 Å². The van der Waals surface area contributed by atoms with Crippen LogP contribution in [-0.2, 0) is 4.79 Å². The van der Waals surface area contributed by atoms with E-state index in [0.29, 0.717) is 12.1 Å². The first-order valence-electron chi connectivity index (χ1n) is 9.70. The van der Waals surface area contributed by atoms with Crippen LogP contribution in [0.5, 0.6) is 0 Å². The maximum atomic E-state index is 12.5. The molecule has 0 radical (unpaired) electrons. The van der Waals surface area contributed by atoms with E-state index in [0.717, 1.165) is 45.0 Å². The molecule has 0 aromatic carbocycles. The normalized spacial score (nSPS) is 24.1. The third kappa shape index (κ3) is 4.69. The summed E-state index contributed by atoms with van der Waals surface area (Å²) in [6.07, 6.45) is 9.17. The zero-order valence-electron chi connectivity index (χ0n) is 15.5. The van der Waals surface area contributed by atoms with E-state index < -0.39 is 0 Å². The second-order valence-electron chi connectivity index (χ2n) is 7.49. The maximum absolute atomic E-state index is 12.5. The summed E-state index contributed by atoms with van der Waals surface area (Å²) in [5, 5.41) is 3.19. The number of hydrogen-bond donors (Lipinski definition) is 1. The lowest BCUT2D eigenvalue weighted by molar-refractivity contribution is -0.125. The number of carbonyl (C=O) groups excluding carboxylic acids is 1. The number of hydrogen-bond acceptors (Lipinski definition) is 5. The lowest BCUT2D eigenvalue weighted by Crippen LogP contribution is -2.49. The van der Waals surface area contributed by atoms with Crippen LogP contribution in [0.1, 0.15) is 46.0 Å². The highest BCUT2D eigenvalue weighted by Gasteiger charge is 2.27. The average molecular weight is 345 g/mol. The predicted octanol–water partition coefficient (Wildman–Crippen LogP) is 2.07. The molecule has 1 aromatic heterocycles. The summed E-state index contributed by atoms with van der Waals surface area (Å²) < 4.78 is 0. The molecular formula is C19H31N5O. The van der Waals surface area contributed by atoms with Gasteiger partial charge in [-0.15, -0.1) is 0 Å². The fraction of sp³-hybridized carbons (Fsp3) is 0.737. The van der Waals surface area contributed by atoms with Gasteiger partial charge in [0.1, 0.15) is 0 Å². The minimum atomic E-state index is 0.117. The van der Waals surface area contributed by atoms with Crippen LogP contribution >= 0.6 is 0 Å². The van der Waals surface area contributed by atoms with Crippen molar-refractivity contribution in [1.29, 1.82) is 0 Å². The molecule has 0 aliphatic carbocycles. The van der Waals surface area contributed by atoms with Gasteiger partial charge in [0.25, 0.3) is 0 Å². The summed E-state index contributed by atoms with van der Waals surface area (Å²) in [6.45, 7) is 8.15. The van der Waals surface area contributed by atoms with Crippen molar-refractivity contribution < 1.29 is 4.79 Å². The Kier molecular flexibility index (Phi) is 6.24. The van der Waals surface area contributed by atoms with Crippen molar-refractivity contribution in [3.8, 4) is 0 Å². The van der Waals surface area contributed by atoms with E-state index in [1.807, 2.05) is 6.07 Å². The zero-order valence-corrected chi connectivity index (χ0v) is 15.5. The largest absolute Gasteiger partial charge is 0.354 e. The van der Waals surface area contributed by atoms with Gasteiger partial charge in [-0.05, 0) is 52.1 Å². The number of nitrogens with one attached hydrogen (secondary N) is 1. The summed E-state index contributed by atoms with van der Waals surface area (Å²) in [5.74, 6) is 1.10. The Morgan fingerprint density at radius 3 is 2.60 bits per heavy atom. The van der Waals surface area contributed by atoms with Crippen molar-refractivity contribution in [2.24, 2.45) is 5.92 Å². The Labute approximate surface area is 151 Å². The Balaban J connectivity index is 1.42. The number of nitrogens with zero attached hydrogens (tertiary/aromatic N) is 4. The second kappa shape index (κ2) is 8.61. The van der Waals surface area contributed by atoms with Gasteiger partial charge in [-0.2, -0.15) is 0 Å². The molecule has 1 N–H and O–H groups in total. The molecule has 3 heterocycles. The van der Waals surface area contributed by atoms with Gasteiger partial charge >= 0.3 is 0 Å². The van der Waals surface area contributed by atoms with Crippen LogP contribution in [0.4, 0.5) is 5.95 Å². The molecule has 3 rings (SSSR count). The Morgan fingerprint density at radius 1 is 1.20 bits per heavy atom. The van der Waals surface area contributed by atoms with E-state index in [-0.39, 0.29) is 11.8 Å². The fourth-order valence-corrected chi connectivity index (χ4v) is 4.08. The van der Waals surface area contributed by atoms with Crippen LogP contribution in [0.3, 0.4) is 0 Å².